The van der Waals surface area contributed by atoms with Gasteiger partial charge in [0, 0.05) is 19.3 Å². The molecule has 0 aromatic carbocycles. The number of nitrogens with one attached hydrogen (secondary N) is 1. The van der Waals surface area contributed by atoms with E-state index in [9.17, 15) is 4.79 Å². The third kappa shape index (κ3) is 1.91. The lowest BCUT2D eigenvalue weighted by Gasteiger charge is -2.25. The Bertz CT molecular complexity index is 219. The van der Waals surface area contributed by atoms with E-state index in [-0.39, 0.29) is 18.6 Å². The molecule has 0 bridgehead atoms. The number of ether oxygens (including phenoxy) is 1. The molecule has 0 aromatic heterocycles. The van der Waals surface area contributed by atoms with E-state index in [1.165, 1.54) is 0 Å². The van der Waals surface area contributed by atoms with Crippen LogP contribution in [0.4, 0.5) is 0 Å². The van der Waals surface area contributed by atoms with E-state index in [2.05, 4.69) is 5.32 Å². The van der Waals surface area contributed by atoms with Crippen molar-refractivity contribution in [2.75, 3.05) is 19.8 Å². The van der Waals surface area contributed by atoms with E-state index in [1.54, 1.807) is 0 Å². The largest absolute Gasteiger partial charge is 0.395 e. The lowest BCUT2D eigenvalue weighted by Crippen LogP contribution is -2.43. The zero-order valence-electron chi connectivity index (χ0n) is 8.29. The summed E-state index contributed by atoms with van der Waals surface area (Å²) >= 11 is 0. The Morgan fingerprint density at radius 1 is 1.43 bits per heavy atom. The van der Waals surface area contributed by atoms with Crippen LogP contribution in [-0.4, -0.2) is 36.9 Å². The summed E-state index contributed by atoms with van der Waals surface area (Å²) in [5.41, 5.74) is -0.432. The first-order valence-electron chi connectivity index (χ1n) is 5.26. The van der Waals surface area contributed by atoms with E-state index in [0.29, 0.717) is 0 Å². The Balaban J connectivity index is 1.81. The molecule has 4 heteroatoms. The van der Waals surface area contributed by atoms with Crippen molar-refractivity contribution in [1.29, 1.82) is 0 Å². The molecule has 2 fully saturated rings. The summed E-state index contributed by atoms with van der Waals surface area (Å²) in [4.78, 5) is 11.7. The second-order valence-electron chi connectivity index (χ2n) is 4.30. The van der Waals surface area contributed by atoms with E-state index < -0.39 is 5.41 Å². The summed E-state index contributed by atoms with van der Waals surface area (Å²) in [6.45, 7) is 1.45. The van der Waals surface area contributed by atoms with Gasteiger partial charge >= 0.3 is 0 Å². The van der Waals surface area contributed by atoms with Crippen molar-refractivity contribution in [1.82, 2.24) is 5.32 Å². The number of aliphatic hydroxyl groups excluding tert-OH is 1. The Morgan fingerprint density at radius 3 is 2.57 bits per heavy atom. The molecule has 0 radical (unpaired) electrons. The van der Waals surface area contributed by atoms with Gasteiger partial charge in [0.15, 0.2) is 0 Å². The molecule has 14 heavy (non-hydrogen) atoms. The van der Waals surface area contributed by atoms with Crippen LogP contribution < -0.4 is 5.32 Å². The highest BCUT2D eigenvalue weighted by atomic mass is 16.5. The Kier molecular flexibility index (Phi) is 2.74. The van der Waals surface area contributed by atoms with Crippen molar-refractivity contribution >= 4 is 5.91 Å². The molecule has 80 valence electrons. The molecule has 1 heterocycles. The predicted molar refractivity (Wildman–Crippen MR) is 50.7 cm³/mol. The number of carbonyl (C=O) groups is 1. The first-order chi connectivity index (χ1) is 6.77. The number of rotatable bonds is 3. The number of hydrogen-bond acceptors (Lipinski definition) is 3. The maximum absolute atomic E-state index is 11.7. The average Bonchev–Trinajstić information content (AvgIpc) is 3.00. The molecule has 1 saturated carbocycles. The van der Waals surface area contributed by atoms with Gasteiger partial charge < -0.3 is 15.2 Å². The van der Waals surface area contributed by atoms with Crippen LogP contribution in [0.15, 0.2) is 0 Å². The van der Waals surface area contributed by atoms with Crippen molar-refractivity contribution in [2.45, 2.75) is 31.7 Å². The van der Waals surface area contributed by atoms with Gasteiger partial charge in [-0.15, -0.1) is 0 Å². The van der Waals surface area contributed by atoms with Crippen molar-refractivity contribution in [3.8, 4) is 0 Å². The summed E-state index contributed by atoms with van der Waals surface area (Å²) in [7, 11) is 0. The lowest BCUT2D eigenvalue weighted by molar-refractivity contribution is -0.129. The predicted octanol–water partition coefficient (Wildman–Crippen LogP) is 0.0541. The first kappa shape index (κ1) is 9.93. The fraction of sp³-hybridized carbons (Fsp3) is 0.900. The van der Waals surface area contributed by atoms with Crippen molar-refractivity contribution in [3.63, 3.8) is 0 Å². The maximum Gasteiger partial charge on any atom is 0.228 e. The van der Waals surface area contributed by atoms with Gasteiger partial charge in [-0.3, -0.25) is 4.79 Å². The number of hydrogen-bond donors (Lipinski definition) is 2. The molecule has 0 aromatic rings. The summed E-state index contributed by atoms with van der Waals surface area (Å²) in [5, 5.41) is 12.1. The maximum atomic E-state index is 11.7. The van der Waals surface area contributed by atoms with Gasteiger partial charge in [0.1, 0.15) is 0 Å². The lowest BCUT2D eigenvalue weighted by atomic mass is 10.0. The van der Waals surface area contributed by atoms with Gasteiger partial charge in [-0.2, -0.15) is 0 Å². The second kappa shape index (κ2) is 3.87. The number of amides is 1. The minimum absolute atomic E-state index is 0.0119. The van der Waals surface area contributed by atoms with Crippen LogP contribution in [-0.2, 0) is 9.53 Å². The highest BCUT2D eigenvalue weighted by Gasteiger charge is 2.49. The summed E-state index contributed by atoms with van der Waals surface area (Å²) in [5.74, 6) is 0.0342. The third-order valence-corrected chi connectivity index (χ3v) is 3.19. The standard InChI is InChI=1S/C10H17NO3/c12-7-10(3-4-10)9(13)11-8-1-5-14-6-2-8/h8,12H,1-7H2,(H,11,13). The second-order valence-corrected chi connectivity index (χ2v) is 4.30. The zero-order chi connectivity index (χ0) is 10.0. The van der Waals surface area contributed by atoms with Crippen LogP contribution in [0.25, 0.3) is 0 Å². The first-order valence-corrected chi connectivity index (χ1v) is 5.26. The molecule has 2 aliphatic rings. The van der Waals surface area contributed by atoms with Crippen LogP contribution in [0.5, 0.6) is 0 Å². The molecule has 1 amide bonds. The quantitative estimate of drug-likeness (QED) is 0.675. The molecule has 2 N–H and O–H groups in total. The molecular formula is C10H17NO3. The van der Waals surface area contributed by atoms with Gasteiger partial charge in [0.2, 0.25) is 5.91 Å². The van der Waals surface area contributed by atoms with Gasteiger partial charge in [0.05, 0.1) is 12.0 Å². The average molecular weight is 199 g/mol. The van der Waals surface area contributed by atoms with Gasteiger partial charge in [0.25, 0.3) is 0 Å². The molecule has 2 rings (SSSR count). The van der Waals surface area contributed by atoms with Gasteiger partial charge in [-0.25, -0.2) is 0 Å². The van der Waals surface area contributed by atoms with Crippen LogP contribution in [0.2, 0.25) is 0 Å². The molecule has 0 unspecified atom stereocenters. The van der Waals surface area contributed by atoms with Gasteiger partial charge in [-0.05, 0) is 25.7 Å². The normalized spacial score (nSPS) is 25.8. The Hall–Kier alpha value is -0.610. The molecule has 4 nitrogen and oxygen atoms in total. The van der Waals surface area contributed by atoms with Gasteiger partial charge in [-0.1, -0.05) is 0 Å². The summed E-state index contributed by atoms with van der Waals surface area (Å²) < 4.78 is 5.21. The van der Waals surface area contributed by atoms with Crippen molar-refractivity contribution in [3.05, 3.63) is 0 Å². The van der Waals surface area contributed by atoms with Crippen LogP contribution >= 0.6 is 0 Å². The highest BCUT2D eigenvalue weighted by molar-refractivity contribution is 5.85. The minimum Gasteiger partial charge on any atom is -0.395 e. The summed E-state index contributed by atoms with van der Waals surface area (Å²) in [6, 6.07) is 0.250. The fourth-order valence-electron chi connectivity index (χ4n) is 1.79. The molecule has 1 aliphatic heterocycles. The smallest absolute Gasteiger partial charge is 0.228 e. The molecule has 0 spiro atoms. The zero-order valence-corrected chi connectivity index (χ0v) is 8.29. The molecule has 1 aliphatic carbocycles. The molecule has 0 atom stereocenters. The van der Waals surface area contributed by atoms with Crippen LogP contribution in [0.1, 0.15) is 25.7 Å². The van der Waals surface area contributed by atoms with E-state index >= 15 is 0 Å². The van der Waals surface area contributed by atoms with E-state index in [4.69, 9.17) is 9.84 Å². The SMILES string of the molecule is O=C(NC1CCOCC1)C1(CO)CC1. The Labute approximate surface area is 83.6 Å². The van der Waals surface area contributed by atoms with Crippen molar-refractivity contribution in [2.24, 2.45) is 5.41 Å². The summed E-state index contributed by atoms with van der Waals surface area (Å²) in [6.07, 6.45) is 3.46. The van der Waals surface area contributed by atoms with E-state index in [1.807, 2.05) is 0 Å². The topological polar surface area (TPSA) is 58.6 Å². The van der Waals surface area contributed by atoms with Crippen molar-refractivity contribution < 1.29 is 14.6 Å². The number of aliphatic hydroxyl groups is 1. The Morgan fingerprint density at radius 2 is 2.07 bits per heavy atom. The van der Waals surface area contributed by atoms with E-state index in [0.717, 1.165) is 38.9 Å². The molecular weight excluding hydrogens is 182 g/mol. The highest BCUT2D eigenvalue weighted by Crippen LogP contribution is 2.45. The fourth-order valence-corrected chi connectivity index (χ4v) is 1.79. The molecule has 1 saturated heterocycles. The third-order valence-electron chi connectivity index (χ3n) is 3.19. The van der Waals surface area contributed by atoms with Crippen LogP contribution in [0, 0.1) is 5.41 Å². The van der Waals surface area contributed by atoms with Crippen LogP contribution in [0.3, 0.4) is 0 Å². The number of carbonyl (C=O) groups excluding carboxylic acids is 1. The monoisotopic (exact) mass is 199 g/mol. The minimum atomic E-state index is -0.432.